The minimum absolute atomic E-state index is 0.0199. The number of nitrogens with one attached hydrogen (secondary N) is 1. The summed E-state index contributed by atoms with van der Waals surface area (Å²) in [6, 6.07) is 4.17. The minimum Gasteiger partial charge on any atom is -0.392 e. The maximum atomic E-state index is 13.5. The van der Waals surface area contributed by atoms with Gasteiger partial charge in [-0.25, -0.2) is 4.39 Å². The van der Waals surface area contributed by atoms with Crippen molar-refractivity contribution in [1.29, 1.82) is 0 Å². The summed E-state index contributed by atoms with van der Waals surface area (Å²) in [7, 11) is 0. The number of rotatable bonds is 3. The molecule has 0 heterocycles. The van der Waals surface area contributed by atoms with Crippen LogP contribution in [0.15, 0.2) is 18.2 Å². The van der Waals surface area contributed by atoms with Gasteiger partial charge in [0.2, 0.25) is 5.91 Å². The van der Waals surface area contributed by atoms with E-state index in [2.05, 4.69) is 5.32 Å². The van der Waals surface area contributed by atoms with Crippen molar-refractivity contribution in [3.63, 3.8) is 0 Å². The molecule has 1 aliphatic carbocycles. The molecule has 0 saturated heterocycles. The summed E-state index contributed by atoms with van der Waals surface area (Å²) in [6.07, 6.45) is 5.27. The topological polar surface area (TPSA) is 55.1 Å². The highest BCUT2D eigenvalue weighted by molar-refractivity contribution is 7.80. The van der Waals surface area contributed by atoms with E-state index >= 15 is 0 Å². The lowest BCUT2D eigenvalue weighted by atomic mass is 9.79. The van der Waals surface area contributed by atoms with Crippen LogP contribution in [0.3, 0.4) is 0 Å². The Hall–Kier alpha value is -1.20. The molecule has 3 nitrogen and oxygen atoms in total. The normalized spacial score (nSPS) is 17.8. The molecule has 1 aliphatic rings. The predicted octanol–water partition coefficient (Wildman–Crippen LogP) is 4.04. The van der Waals surface area contributed by atoms with E-state index in [1.54, 1.807) is 6.07 Å². The largest absolute Gasteiger partial charge is 0.392 e. The lowest BCUT2D eigenvalue weighted by Crippen LogP contribution is -2.45. The van der Waals surface area contributed by atoms with Gasteiger partial charge in [0.15, 0.2) is 0 Å². The molecule has 1 aromatic rings. The highest BCUT2D eigenvalue weighted by atomic mass is 35.5. The van der Waals surface area contributed by atoms with Gasteiger partial charge in [0.05, 0.1) is 15.4 Å². The summed E-state index contributed by atoms with van der Waals surface area (Å²) in [6.45, 7) is 0. The van der Waals surface area contributed by atoms with Crippen molar-refractivity contribution in [2.75, 3.05) is 5.32 Å². The number of halogens is 2. The Morgan fingerprint density at radius 2 is 1.90 bits per heavy atom. The number of nitrogens with two attached hydrogens (primary N) is 1. The van der Waals surface area contributed by atoms with Crippen LogP contribution in [0, 0.1) is 11.2 Å². The number of thiocarbonyl (C=S) groups is 1. The molecule has 21 heavy (non-hydrogen) atoms. The first kappa shape index (κ1) is 16.2. The third-order valence-corrected chi connectivity index (χ3v) is 4.74. The molecule has 0 bridgehead atoms. The average molecular weight is 329 g/mol. The minimum atomic E-state index is -0.831. The molecule has 6 heteroatoms. The number of hydrogen-bond donors (Lipinski definition) is 2. The summed E-state index contributed by atoms with van der Waals surface area (Å²) < 4.78 is 13.5. The second-order valence-corrected chi connectivity index (χ2v) is 6.29. The van der Waals surface area contributed by atoms with Gasteiger partial charge in [-0.2, -0.15) is 0 Å². The van der Waals surface area contributed by atoms with Crippen LogP contribution < -0.4 is 11.1 Å². The van der Waals surface area contributed by atoms with Crippen molar-refractivity contribution in [2.24, 2.45) is 11.1 Å². The van der Waals surface area contributed by atoms with Crippen molar-refractivity contribution in [2.45, 2.75) is 38.5 Å². The molecule has 1 saturated carbocycles. The van der Waals surface area contributed by atoms with Gasteiger partial charge in [-0.15, -0.1) is 0 Å². The third kappa shape index (κ3) is 3.52. The van der Waals surface area contributed by atoms with Crippen LogP contribution in [0.25, 0.3) is 0 Å². The van der Waals surface area contributed by atoms with Gasteiger partial charge in [-0.1, -0.05) is 49.5 Å². The first-order chi connectivity index (χ1) is 9.95. The SMILES string of the molecule is NC(=S)C1(C(=O)Nc2ccc(Cl)c(F)c2)CCCCCC1. The Balaban J connectivity index is 2.22. The Bertz CT molecular complexity index is 557. The van der Waals surface area contributed by atoms with E-state index in [4.69, 9.17) is 29.6 Å². The molecule has 0 aromatic heterocycles. The summed E-state index contributed by atoms with van der Waals surface area (Å²) in [4.78, 5) is 12.9. The highest BCUT2D eigenvalue weighted by Crippen LogP contribution is 2.37. The molecular weight excluding hydrogens is 311 g/mol. The van der Waals surface area contributed by atoms with E-state index in [1.165, 1.54) is 12.1 Å². The van der Waals surface area contributed by atoms with Crippen LogP contribution >= 0.6 is 23.8 Å². The quantitative estimate of drug-likeness (QED) is 0.650. The van der Waals surface area contributed by atoms with E-state index in [0.29, 0.717) is 18.5 Å². The predicted molar refractivity (Wildman–Crippen MR) is 87.0 cm³/mol. The fourth-order valence-corrected chi connectivity index (χ4v) is 3.16. The standard InChI is InChI=1S/C15H18ClFN2OS/c16-11-6-5-10(9-12(11)17)19-14(20)15(13(18)21)7-3-1-2-4-8-15/h5-6,9H,1-4,7-8H2,(H2,18,21)(H,19,20). The van der Waals surface area contributed by atoms with Gasteiger partial charge >= 0.3 is 0 Å². The zero-order valence-corrected chi connectivity index (χ0v) is 13.2. The number of benzene rings is 1. The molecule has 1 fully saturated rings. The number of anilines is 1. The first-order valence-corrected chi connectivity index (χ1v) is 7.81. The Morgan fingerprint density at radius 3 is 2.43 bits per heavy atom. The average Bonchev–Trinajstić information content (AvgIpc) is 2.69. The lowest BCUT2D eigenvalue weighted by molar-refractivity contribution is -0.122. The monoisotopic (exact) mass is 328 g/mol. The zero-order chi connectivity index (χ0) is 15.5. The Labute approximate surface area is 134 Å². The lowest BCUT2D eigenvalue weighted by Gasteiger charge is -2.30. The van der Waals surface area contributed by atoms with Crippen LogP contribution in [0.1, 0.15) is 38.5 Å². The molecule has 0 radical (unpaired) electrons. The maximum Gasteiger partial charge on any atom is 0.237 e. The molecule has 0 unspecified atom stereocenters. The smallest absolute Gasteiger partial charge is 0.237 e. The van der Waals surface area contributed by atoms with E-state index in [9.17, 15) is 9.18 Å². The summed E-state index contributed by atoms with van der Waals surface area (Å²) in [5.74, 6) is -0.821. The van der Waals surface area contributed by atoms with Crippen LogP contribution in [0.5, 0.6) is 0 Å². The molecule has 3 N–H and O–H groups in total. The summed E-state index contributed by atoms with van der Waals surface area (Å²) >= 11 is 10.8. The molecule has 0 spiro atoms. The number of carbonyl (C=O) groups excluding carboxylic acids is 1. The Morgan fingerprint density at radius 1 is 1.29 bits per heavy atom. The third-order valence-electron chi connectivity index (χ3n) is 4.04. The van der Waals surface area contributed by atoms with Gasteiger partial charge in [-0.3, -0.25) is 4.79 Å². The second-order valence-electron chi connectivity index (χ2n) is 5.44. The van der Waals surface area contributed by atoms with Gasteiger partial charge < -0.3 is 11.1 Å². The zero-order valence-electron chi connectivity index (χ0n) is 11.6. The molecule has 0 atom stereocenters. The van der Waals surface area contributed by atoms with Crippen LogP contribution in [0.2, 0.25) is 5.02 Å². The summed E-state index contributed by atoms with van der Waals surface area (Å²) in [5, 5.41) is 2.74. The highest BCUT2D eigenvalue weighted by Gasteiger charge is 2.41. The van der Waals surface area contributed by atoms with Crippen LogP contribution in [0.4, 0.5) is 10.1 Å². The fraction of sp³-hybridized carbons (Fsp3) is 0.467. The first-order valence-electron chi connectivity index (χ1n) is 7.02. The van der Waals surface area contributed by atoms with Gasteiger partial charge in [0, 0.05) is 5.69 Å². The number of amides is 1. The summed E-state index contributed by atoms with van der Waals surface area (Å²) in [5.41, 5.74) is 5.39. The van der Waals surface area contributed by atoms with Gasteiger partial charge in [0.25, 0.3) is 0 Å². The van der Waals surface area contributed by atoms with Gasteiger partial charge in [-0.05, 0) is 31.0 Å². The van der Waals surface area contributed by atoms with Crippen molar-refractivity contribution in [1.82, 2.24) is 0 Å². The molecular formula is C15H18ClFN2OS. The van der Waals surface area contributed by atoms with E-state index in [-0.39, 0.29) is 15.9 Å². The van der Waals surface area contributed by atoms with Crippen molar-refractivity contribution in [3.8, 4) is 0 Å². The van der Waals surface area contributed by atoms with Gasteiger partial charge in [0.1, 0.15) is 5.82 Å². The fourth-order valence-electron chi connectivity index (χ4n) is 2.74. The number of hydrogen-bond acceptors (Lipinski definition) is 2. The van der Waals surface area contributed by atoms with Crippen LogP contribution in [-0.4, -0.2) is 10.9 Å². The van der Waals surface area contributed by atoms with E-state index in [1.807, 2.05) is 0 Å². The maximum absolute atomic E-state index is 13.5. The molecule has 1 amide bonds. The second kappa shape index (κ2) is 6.71. The molecule has 2 rings (SSSR count). The molecule has 1 aromatic carbocycles. The number of carbonyl (C=O) groups is 1. The molecule has 114 valence electrons. The van der Waals surface area contributed by atoms with Crippen molar-refractivity contribution < 1.29 is 9.18 Å². The van der Waals surface area contributed by atoms with E-state index < -0.39 is 11.2 Å². The van der Waals surface area contributed by atoms with Crippen molar-refractivity contribution >= 4 is 40.4 Å². The Kier molecular flexibility index (Phi) is 5.17. The van der Waals surface area contributed by atoms with E-state index in [0.717, 1.165) is 25.7 Å². The van der Waals surface area contributed by atoms with Crippen LogP contribution in [-0.2, 0) is 4.79 Å². The molecule has 0 aliphatic heterocycles. The van der Waals surface area contributed by atoms with Crippen molar-refractivity contribution in [3.05, 3.63) is 29.0 Å².